The molecule has 2 nitrogen and oxygen atoms in total. The molecule has 0 unspecified atom stereocenters. The summed E-state index contributed by atoms with van der Waals surface area (Å²) in [5.74, 6) is 1.70. The summed E-state index contributed by atoms with van der Waals surface area (Å²) in [5, 5.41) is 11.7. The van der Waals surface area contributed by atoms with Crippen molar-refractivity contribution < 1.29 is 5.02 Å². The third kappa shape index (κ3) is 3.90. The van der Waals surface area contributed by atoms with Crippen LogP contribution in [0.2, 0.25) is 0 Å². The molecular weight excluding hydrogens is 101 g/mol. The first kappa shape index (κ1) is 7.72. The summed E-state index contributed by atoms with van der Waals surface area (Å²) in [6.07, 6.45) is 1.81. The largest absolute Gasteiger partial charge is 0.434 e. The molecule has 0 amide bonds. The van der Waals surface area contributed by atoms with E-state index in [0.717, 1.165) is 6.54 Å². The summed E-state index contributed by atoms with van der Waals surface area (Å²) in [5.41, 5.74) is 0. The first-order valence-corrected chi connectivity index (χ1v) is 2.85. The topological polar surface area (TPSA) is 32.3 Å². The third-order valence-corrected chi connectivity index (χ3v) is 0.788. The van der Waals surface area contributed by atoms with E-state index in [9.17, 15) is 0 Å². The highest BCUT2D eigenvalue weighted by Gasteiger charge is 1.99. The average molecular weight is 113 g/mol. The molecule has 0 saturated heterocycles. The molecular formula is C5H12BNO. The van der Waals surface area contributed by atoms with Crippen LogP contribution in [0.3, 0.4) is 0 Å². The number of hydrogen-bond donors (Lipinski definition) is 2. The number of allylic oxidation sites excluding steroid dienone is 1. The van der Waals surface area contributed by atoms with Gasteiger partial charge < -0.3 is 10.3 Å². The summed E-state index contributed by atoms with van der Waals surface area (Å²) < 4.78 is 0. The smallest absolute Gasteiger partial charge is 0.405 e. The molecule has 0 aliphatic rings. The van der Waals surface area contributed by atoms with E-state index < -0.39 is 7.05 Å². The minimum absolute atomic E-state index is 0.468. The summed E-state index contributed by atoms with van der Waals surface area (Å²) in [7, 11) is -0.468. The molecule has 0 saturated carbocycles. The highest BCUT2D eigenvalue weighted by molar-refractivity contribution is 6.53. The van der Waals surface area contributed by atoms with E-state index in [1.165, 1.54) is 0 Å². The lowest BCUT2D eigenvalue weighted by molar-refractivity contribution is 0.564. The normalized spacial score (nSPS) is 10.4. The van der Waals surface area contributed by atoms with E-state index in [1.807, 2.05) is 19.9 Å². The molecule has 0 aliphatic carbocycles. The van der Waals surface area contributed by atoms with Crippen molar-refractivity contribution in [2.75, 3.05) is 6.54 Å². The molecule has 0 rings (SSSR count). The second-order valence-electron chi connectivity index (χ2n) is 1.53. The predicted octanol–water partition coefficient (Wildman–Crippen LogP) is 0.192. The Kier molecular flexibility index (Phi) is 4.71. The van der Waals surface area contributed by atoms with Crippen molar-refractivity contribution in [3.8, 4) is 0 Å². The Bertz CT molecular complexity index is 74.8. The molecule has 0 spiro atoms. The Labute approximate surface area is 50.7 Å². The monoisotopic (exact) mass is 113 g/mol. The molecule has 2 N–H and O–H groups in total. The van der Waals surface area contributed by atoms with Gasteiger partial charge >= 0.3 is 7.05 Å². The van der Waals surface area contributed by atoms with Crippen LogP contribution in [0.5, 0.6) is 0 Å². The SMILES string of the molecule is C/C=C\B(O)NCC. The summed E-state index contributed by atoms with van der Waals surface area (Å²) in [6, 6.07) is 0. The molecule has 0 bridgehead atoms. The van der Waals surface area contributed by atoms with Crippen LogP contribution in [0, 0.1) is 0 Å². The Hall–Kier alpha value is -0.275. The quantitative estimate of drug-likeness (QED) is 0.512. The van der Waals surface area contributed by atoms with Crippen LogP contribution in [-0.2, 0) is 0 Å². The highest BCUT2D eigenvalue weighted by Crippen LogP contribution is 1.72. The Balaban J connectivity index is 3.17. The van der Waals surface area contributed by atoms with E-state index >= 15 is 0 Å². The summed E-state index contributed by atoms with van der Waals surface area (Å²) in [6.45, 7) is 4.62. The zero-order valence-corrected chi connectivity index (χ0v) is 5.39. The van der Waals surface area contributed by atoms with Crippen molar-refractivity contribution in [3.05, 3.63) is 12.1 Å². The first-order chi connectivity index (χ1) is 3.81. The van der Waals surface area contributed by atoms with E-state index in [4.69, 9.17) is 5.02 Å². The maximum atomic E-state index is 8.85. The van der Waals surface area contributed by atoms with Gasteiger partial charge in [-0.25, -0.2) is 0 Å². The van der Waals surface area contributed by atoms with Gasteiger partial charge in [0.05, 0.1) is 0 Å². The van der Waals surface area contributed by atoms with Gasteiger partial charge in [-0.3, -0.25) is 0 Å². The van der Waals surface area contributed by atoms with Gasteiger partial charge in [0, 0.05) is 0 Å². The molecule has 0 fully saturated rings. The van der Waals surface area contributed by atoms with Crippen molar-refractivity contribution in [1.82, 2.24) is 5.23 Å². The fourth-order valence-electron chi connectivity index (χ4n) is 0.459. The molecule has 0 aromatic carbocycles. The highest BCUT2D eigenvalue weighted by atomic mass is 16.2. The Morgan fingerprint density at radius 2 is 2.38 bits per heavy atom. The van der Waals surface area contributed by atoms with Gasteiger partial charge in [0.15, 0.2) is 0 Å². The van der Waals surface area contributed by atoms with Crippen LogP contribution in [-0.4, -0.2) is 18.6 Å². The van der Waals surface area contributed by atoms with Crippen molar-refractivity contribution >= 4 is 7.05 Å². The van der Waals surface area contributed by atoms with E-state index in [1.54, 1.807) is 5.98 Å². The van der Waals surface area contributed by atoms with Crippen molar-refractivity contribution in [2.45, 2.75) is 13.8 Å². The molecule has 3 heteroatoms. The fraction of sp³-hybridized carbons (Fsp3) is 0.600. The predicted molar refractivity (Wildman–Crippen MR) is 36.5 cm³/mol. The standard InChI is InChI=1S/C5H12BNO/c1-3-5-6(8)7-4-2/h3,5,7-8H,4H2,1-2H3/b5-3-. The maximum absolute atomic E-state index is 8.85. The lowest BCUT2D eigenvalue weighted by Crippen LogP contribution is -2.31. The zero-order chi connectivity index (χ0) is 6.41. The van der Waals surface area contributed by atoms with E-state index in [-0.39, 0.29) is 0 Å². The van der Waals surface area contributed by atoms with Crippen molar-refractivity contribution in [2.24, 2.45) is 0 Å². The van der Waals surface area contributed by atoms with E-state index in [0.29, 0.717) is 0 Å². The summed E-state index contributed by atoms with van der Waals surface area (Å²) in [4.78, 5) is 0. The molecule has 0 aromatic heterocycles. The van der Waals surface area contributed by atoms with Crippen LogP contribution in [0.4, 0.5) is 0 Å². The van der Waals surface area contributed by atoms with Crippen LogP contribution < -0.4 is 5.23 Å². The number of nitrogens with one attached hydrogen (secondary N) is 1. The van der Waals surface area contributed by atoms with Crippen LogP contribution in [0.15, 0.2) is 12.1 Å². The first-order valence-electron chi connectivity index (χ1n) is 2.85. The van der Waals surface area contributed by atoms with Gasteiger partial charge in [-0.1, -0.05) is 19.0 Å². The van der Waals surface area contributed by atoms with E-state index in [2.05, 4.69) is 5.23 Å². The van der Waals surface area contributed by atoms with Gasteiger partial charge in [-0.2, -0.15) is 0 Å². The molecule has 0 atom stereocenters. The molecule has 8 heavy (non-hydrogen) atoms. The van der Waals surface area contributed by atoms with Crippen molar-refractivity contribution in [3.63, 3.8) is 0 Å². The molecule has 0 aromatic rings. The van der Waals surface area contributed by atoms with Gasteiger partial charge in [0.25, 0.3) is 0 Å². The lowest BCUT2D eigenvalue weighted by atomic mass is 9.84. The lowest BCUT2D eigenvalue weighted by Gasteiger charge is -1.97. The van der Waals surface area contributed by atoms with Gasteiger partial charge in [-0.05, 0) is 13.5 Å². The molecule has 0 radical (unpaired) electrons. The minimum atomic E-state index is -0.468. The number of rotatable bonds is 3. The van der Waals surface area contributed by atoms with Gasteiger partial charge in [0.1, 0.15) is 0 Å². The maximum Gasteiger partial charge on any atom is 0.405 e. The van der Waals surface area contributed by atoms with Crippen molar-refractivity contribution in [1.29, 1.82) is 0 Å². The minimum Gasteiger partial charge on any atom is -0.434 e. The van der Waals surface area contributed by atoms with Gasteiger partial charge in [-0.15, -0.1) is 0 Å². The fourth-order valence-corrected chi connectivity index (χ4v) is 0.459. The van der Waals surface area contributed by atoms with Gasteiger partial charge in [0.2, 0.25) is 0 Å². The second-order valence-corrected chi connectivity index (χ2v) is 1.53. The third-order valence-electron chi connectivity index (χ3n) is 0.788. The average Bonchev–Trinajstić information content (AvgIpc) is 1.68. The second kappa shape index (κ2) is 4.87. The Morgan fingerprint density at radius 3 is 2.75 bits per heavy atom. The van der Waals surface area contributed by atoms with Crippen LogP contribution in [0.1, 0.15) is 13.8 Å². The summed E-state index contributed by atoms with van der Waals surface area (Å²) >= 11 is 0. The number of hydrogen-bond acceptors (Lipinski definition) is 2. The van der Waals surface area contributed by atoms with Crippen LogP contribution >= 0.6 is 0 Å². The molecule has 46 valence electrons. The zero-order valence-electron chi connectivity index (χ0n) is 5.39. The molecule has 0 aliphatic heterocycles. The molecule has 0 heterocycles. The van der Waals surface area contributed by atoms with Crippen LogP contribution in [0.25, 0.3) is 0 Å². The Morgan fingerprint density at radius 1 is 1.75 bits per heavy atom.